The Balaban J connectivity index is 1.78. The van der Waals surface area contributed by atoms with Crippen LogP contribution < -0.4 is 5.73 Å². The van der Waals surface area contributed by atoms with Crippen LogP contribution >= 0.6 is 0 Å². The van der Waals surface area contributed by atoms with Gasteiger partial charge < -0.3 is 15.4 Å². The molecule has 1 saturated heterocycles. The molecule has 2 N–H and O–H groups in total. The van der Waals surface area contributed by atoms with Crippen LogP contribution in [-0.2, 0) is 4.74 Å². The Labute approximate surface area is 127 Å². The topological polar surface area (TPSA) is 107 Å². The number of hydrogen-bond acceptors (Lipinski definition) is 7. The summed E-state index contributed by atoms with van der Waals surface area (Å²) in [4.78, 5) is 30.5. The number of carbonyl (C=O) groups is 1. The summed E-state index contributed by atoms with van der Waals surface area (Å²) >= 11 is 0. The van der Waals surface area contributed by atoms with Gasteiger partial charge >= 0.3 is 0 Å². The van der Waals surface area contributed by atoms with Crippen molar-refractivity contribution in [1.29, 1.82) is 0 Å². The minimum atomic E-state index is -0.321. The third kappa shape index (κ3) is 3.01. The van der Waals surface area contributed by atoms with E-state index in [1.54, 1.807) is 17.9 Å². The number of aromatic nitrogens is 4. The smallest absolute Gasteiger partial charge is 0.274 e. The van der Waals surface area contributed by atoms with Gasteiger partial charge in [0.1, 0.15) is 23.4 Å². The van der Waals surface area contributed by atoms with Crippen LogP contribution in [-0.4, -0.2) is 50.4 Å². The Morgan fingerprint density at radius 3 is 3.00 bits per heavy atom. The molecule has 3 heterocycles. The normalized spacial score (nSPS) is 18.2. The number of morpholine rings is 1. The predicted molar refractivity (Wildman–Crippen MR) is 77.8 cm³/mol. The second-order valence-electron chi connectivity index (χ2n) is 4.97. The van der Waals surface area contributed by atoms with Crippen LogP contribution in [0.2, 0.25) is 0 Å². The van der Waals surface area contributed by atoms with Gasteiger partial charge in [-0.15, -0.1) is 0 Å². The van der Waals surface area contributed by atoms with Crippen molar-refractivity contribution in [3.8, 4) is 0 Å². The fraction of sp³-hybridized carbons (Fsp3) is 0.357. The summed E-state index contributed by atoms with van der Waals surface area (Å²) in [6, 6.07) is 1.67. The van der Waals surface area contributed by atoms with E-state index in [1.165, 1.54) is 18.6 Å². The van der Waals surface area contributed by atoms with E-state index in [0.29, 0.717) is 42.7 Å². The molecule has 114 valence electrons. The first-order valence-electron chi connectivity index (χ1n) is 6.91. The molecule has 0 radical (unpaired) electrons. The van der Waals surface area contributed by atoms with Gasteiger partial charge in [-0.25, -0.2) is 15.0 Å². The molecule has 0 unspecified atom stereocenters. The molecule has 1 aliphatic heterocycles. The van der Waals surface area contributed by atoms with Gasteiger partial charge in [-0.1, -0.05) is 0 Å². The average Bonchev–Trinajstić information content (AvgIpc) is 2.54. The highest BCUT2D eigenvalue weighted by atomic mass is 16.5. The fourth-order valence-electron chi connectivity index (χ4n) is 2.36. The molecular formula is C14H16N6O2. The highest BCUT2D eigenvalue weighted by Crippen LogP contribution is 2.22. The lowest BCUT2D eigenvalue weighted by atomic mass is 10.2. The maximum Gasteiger partial charge on any atom is 0.274 e. The number of hydrogen-bond donors (Lipinski definition) is 1. The van der Waals surface area contributed by atoms with Gasteiger partial charge in [-0.3, -0.25) is 9.78 Å². The van der Waals surface area contributed by atoms with Crippen LogP contribution in [0.15, 0.2) is 24.7 Å². The zero-order valence-corrected chi connectivity index (χ0v) is 12.1. The first-order chi connectivity index (χ1) is 10.6. The monoisotopic (exact) mass is 300 g/mol. The van der Waals surface area contributed by atoms with Crippen LogP contribution in [0.5, 0.6) is 0 Å². The summed E-state index contributed by atoms with van der Waals surface area (Å²) in [6.45, 7) is 3.10. The summed E-state index contributed by atoms with van der Waals surface area (Å²) < 4.78 is 5.71. The van der Waals surface area contributed by atoms with E-state index in [9.17, 15) is 4.79 Å². The van der Waals surface area contributed by atoms with Gasteiger partial charge in [0.15, 0.2) is 0 Å². The molecule has 2 aromatic rings. The first-order valence-corrected chi connectivity index (χ1v) is 6.91. The first kappa shape index (κ1) is 14.3. The molecule has 1 aliphatic rings. The zero-order chi connectivity index (χ0) is 15.5. The van der Waals surface area contributed by atoms with Crippen molar-refractivity contribution in [1.82, 2.24) is 24.8 Å². The van der Waals surface area contributed by atoms with Gasteiger partial charge in [0.2, 0.25) is 0 Å². The Morgan fingerprint density at radius 1 is 1.41 bits per heavy atom. The number of nitrogens with two attached hydrogens (primary N) is 1. The molecule has 0 aliphatic carbocycles. The lowest BCUT2D eigenvalue weighted by Gasteiger charge is -2.32. The number of ether oxygens (including phenoxy) is 1. The van der Waals surface area contributed by atoms with Crippen LogP contribution in [0.3, 0.4) is 0 Å². The van der Waals surface area contributed by atoms with Crippen LogP contribution in [0.1, 0.15) is 28.1 Å². The summed E-state index contributed by atoms with van der Waals surface area (Å²) in [5.41, 5.74) is 6.75. The van der Waals surface area contributed by atoms with E-state index in [4.69, 9.17) is 10.5 Å². The molecule has 3 rings (SSSR count). The largest absolute Gasteiger partial charge is 0.384 e. The number of aryl methyl sites for hydroxylation is 1. The lowest BCUT2D eigenvalue weighted by Crippen LogP contribution is -2.42. The summed E-state index contributed by atoms with van der Waals surface area (Å²) in [5, 5.41) is 0. The van der Waals surface area contributed by atoms with Crippen molar-refractivity contribution >= 4 is 11.7 Å². The van der Waals surface area contributed by atoms with Crippen molar-refractivity contribution in [2.45, 2.75) is 13.0 Å². The molecule has 0 aromatic carbocycles. The van der Waals surface area contributed by atoms with E-state index in [-0.39, 0.29) is 12.0 Å². The summed E-state index contributed by atoms with van der Waals surface area (Å²) in [5.74, 6) is 0.805. The molecule has 8 nitrogen and oxygen atoms in total. The average molecular weight is 300 g/mol. The molecule has 1 atom stereocenters. The van der Waals surface area contributed by atoms with Gasteiger partial charge in [0, 0.05) is 25.0 Å². The Bertz CT molecular complexity index is 658. The number of nitrogens with zero attached hydrogens (tertiary/aromatic N) is 5. The molecule has 22 heavy (non-hydrogen) atoms. The van der Waals surface area contributed by atoms with Crippen LogP contribution in [0, 0.1) is 6.92 Å². The van der Waals surface area contributed by atoms with Crippen molar-refractivity contribution < 1.29 is 9.53 Å². The fourth-order valence-corrected chi connectivity index (χ4v) is 2.36. The highest BCUT2D eigenvalue weighted by molar-refractivity contribution is 5.92. The van der Waals surface area contributed by atoms with Gasteiger partial charge in [0.05, 0.1) is 25.0 Å². The van der Waals surface area contributed by atoms with Crippen LogP contribution in [0.4, 0.5) is 5.82 Å². The number of anilines is 1. The molecule has 0 bridgehead atoms. The van der Waals surface area contributed by atoms with Crippen molar-refractivity contribution in [3.63, 3.8) is 0 Å². The number of amides is 1. The van der Waals surface area contributed by atoms with Crippen LogP contribution in [0.25, 0.3) is 0 Å². The lowest BCUT2D eigenvalue weighted by molar-refractivity contribution is -0.0250. The molecule has 1 amide bonds. The van der Waals surface area contributed by atoms with Crippen molar-refractivity contribution in [2.75, 3.05) is 25.4 Å². The Morgan fingerprint density at radius 2 is 2.27 bits per heavy atom. The number of nitrogen functional groups attached to an aromatic ring is 1. The molecule has 2 aromatic heterocycles. The number of rotatable bonds is 2. The SMILES string of the molecule is Cc1nc(N)cc([C@@H]2CN(C(=O)c3cnccn3)CCO2)n1. The van der Waals surface area contributed by atoms with E-state index in [0.717, 1.165) is 0 Å². The van der Waals surface area contributed by atoms with Crippen molar-refractivity contribution in [3.05, 3.63) is 41.9 Å². The van der Waals surface area contributed by atoms with E-state index >= 15 is 0 Å². The van der Waals surface area contributed by atoms with Gasteiger partial charge in [-0.2, -0.15) is 0 Å². The maximum absolute atomic E-state index is 12.4. The third-order valence-electron chi connectivity index (χ3n) is 3.34. The van der Waals surface area contributed by atoms with Gasteiger partial charge in [0.25, 0.3) is 5.91 Å². The number of carbonyl (C=O) groups excluding carboxylic acids is 1. The Kier molecular flexibility index (Phi) is 3.92. The third-order valence-corrected chi connectivity index (χ3v) is 3.34. The quantitative estimate of drug-likeness (QED) is 0.853. The summed E-state index contributed by atoms with van der Waals surface area (Å²) in [6.07, 6.45) is 4.17. The highest BCUT2D eigenvalue weighted by Gasteiger charge is 2.28. The van der Waals surface area contributed by atoms with Gasteiger partial charge in [-0.05, 0) is 6.92 Å². The minimum Gasteiger partial charge on any atom is -0.384 e. The zero-order valence-electron chi connectivity index (χ0n) is 12.1. The second-order valence-corrected chi connectivity index (χ2v) is 4.97. The Hall–Kier alpha value is -2.61. The molecule has 0 saturated carbocycles. The maximum atomic E-state index is 12.4. The predicted octanol–water partition coefficient (Wildman–Crippen LogP) is 0.371. The summed E-state index contributed by atoms with van der Waals surface area (Å²) in [7, 11) is 0. The standard InChI is InChI=1S/C14H16N6O2/c1-9-18-10(6-13(15)19-9)12-8-20(4-5-22-12)14(21)11-7-16-2-3-17-11/h2-3,6-7,12H,4-5,8H2,1H3,(H2,15,18,19)/t12-/m0/s1. The van der Waals surface area contributed by atoms with Crippen molar-refractivity contribution in [2.24, 2.45) is 0 Å². The molecular weight excluding hydrogens is 284 g/mol. The molecule has 1 fully saturated rings. The second kappa shape index (κ2) is 6.02. The molecule has 8 heteroatoms. The molecule has 0 spiro atoms. The van der Waals surface area contributed by atoms with E-state index < -0.39 is 0 Å². The minimum absolute atomic E-state index is 0.167. The van der Waals surface area contributed by atoms with E-state index in [2.05, 4.69) is 19.9 Å². The van der Waals surface area contributed by atoms with E-state index in [1.807, 2.05) is 0 Å².